The Bertz CT molecular complexity index is 308. The maximum absolute atomic E-state index is 6.34. The highest BCUT2D eigenvalue weighted by molar-refractivity contribution is 7.99. The molecule has 0 aliphatic heterocycles. The van der Waals surface area contributed by atoms with Crippen LogP contribution in [0.2, 0.25) is 0 Å². The van der Waals surface area contributed by atoms with Gasteiger partial charge in [-0.25, -0.2) is 0 Å². The van der Waals surface area contributed by atoms with E-state index in [0.29, 0.717) is 5.92 Å². The fourth-order valence-corrected chi connectivity index (χ4v) is 5.33. The molecule has 0 spiro atoms. The number of nitrogens with two attached hydrogens (primary N) is 1. The van der Waals surface area contributed by atoms with Crippen molar-refractivity contribution in [3.63, 3.8) is 0 Å². The minimum atomic E-state index is 0.221. The van der Waals surface area contributed by atoms with E-state index < -0.39 is 0 Å². The normalized spacial score (nSPS) is 37.0. The molecule has 3 saturated carbocycles. The van der Waals surface area contributed by atoms with Gasteiger partial charge in [-0.05, 0) is 67.9 Å². The molecule has 4 atom stereocenters. The summed E-state index contributed by atoms with van der Waals surface area (Å²) in [7, 11) is 0. The van der Waals surface area contributed by atoms with Crippen molar-refractivity contribution in [2.45, 2.75) is 62.7 Å². The number of thioether (sulfide) groups is 1. The highest BCUT2D eigenvalue weighted by Gasteiger charge is 2.36. The second kappa shape index (κ2) is 6.22. The van der Waals surface area contributed by atoms with Crippen LogP contribution in [0.3, 0.4) is 0 Å². The van der Waals surface area contributed by atoms with Crippen LogP contribution in [0.15, 0.2) is 12.7 Å². The SMILES string of the molecule is C=CC(N)C1CC(CC2CC2)CCC1SCC1CC1. The van der Waals surface area contributed by atoms with E-state index in [2.05, 4.69) is 18.3 Å². The first kappa shape index (κ1) is 14.0. The minimum Gasteiger partial charge on any atom is -0.324 e. The van der Waals surface area contributed by atoms with E-state index in [0.717, 1.165) is 23.0 Å². The zero-order chi connectivity index (χ0) is 13.2. The zero-order valence-electron chi connectivity index (χ0n) is 12.1. The van der Waals surface area contributed by atoms with E-state index in [1.807, 2.05) is 6.08 Å². The first-order valence-electron chi connectivity index (χ1n) is 8.26. The van der Waals surface area contributed by atoms with Crippen molar-refractivity contribution in [3.05, 3.63) is 12.7 Å². The van der Waals surface area contributed by atoms with Crippen LogP contribution < -0.4 is 5.73 Å². The van der Waals surface area contributed by atoms with E-state index in [4.69, 9.17) is 5.73 Å². The monoisotopic (exact) mass is 279 g/mol. The topological polar surface area (TPSA) is 26.0 Å². The van der Waals surface area contributed by atoms with Crippen molar-refractivity contribution in [1.82, 2.24) is 0 Å². The van der Waals surface area contributed by atoms with Gasteiger partial charge in [0.2, 0.25) is 0 Å². The molecule has 0 saturated heterocycles. The van der Waals surface area contributed by atoms with Gasteiger partial charge in [0.15, 0.2) is 0 Å². The molecule has 3 fully saturated rings. The minimum absolute atomic E-state index is 0.221. The lowest BCUT2D eigenvalue weighted by molar-refractivity contribution is 0.241. The van der Waals surface area contributed by atoms with Gasteiger partial charge in [-0.1, -0.05) is 18.9 Å². The third-order valence-electron chi connectivity index (χ3n) is 5.32. The van der Waals surface area contributed by atoms with Gasteiger partial charge >= 0.3 is 0 Å². The molecular weight excluding hydrogens is 250 g/mol. The molecule has 0 aromatic rings. The van der Waals surface area contributed by atoms with Crippen molar-refractivity contribution in [1.29, 1.82) is 0 Å². The Balaban J connectivity index is 1.53. The molecule has 0 heterocycles. The van der Waals surface area contributed by atoms with Crippen LogP contribution in [0.25, 0.3) is 0 Å². The fraction of sp³-hybridized carbons (Fsp3) is 0.882. The average molecular weight is 279 g/mol. The van der Waals surface area contributed by atoms with E-state index in [1.165, 1.54) is 57.1 Å². The lowest BCUT2D eigenvalue weighted by Crippen LogP contribution is -2.40. The van der Waals surface area contributed by atoms with Crippen LogP contribution >= 0.6 is 11.8 Å². The fourth-order valence-electron chi connectivity index (χ4n) is 3.64. The zero-order valence-corrected chi connectivity index (χ0v) is 12.9. The standard InChI is InChI=1S/C17H29NS/c1-2-16(18)15-10-14(9-12-3-4-12)7-8-17(15)19-11-13-5-6-13/h2,12-17H,1,3-11,18H2. The summed E-state index contributed by atoms with van der Waals surface area (Å²) in [6.07, 6.45) is 13.6. The summed E-state index contributed by atoms with van der Waals surface area (Å²) in [5, 5.41) is 0.809. The van der Waals surface area contributed by atoms with Gasteiger partial charge in [0, 0.05) is 11.3 Å². The summed E-state index contributed by atoms with van der Waals surface area (Å²) in [6.45, 7) is 3.94. The molecule has 0 aromatic heterocycles. The van der Waals surface area contributed by atoms with Crippen LogP contribution in [0, 0.1) is 23.7 Å². The lowest BCUT2D eigenvalue weighted by Gasteiger charge is -2.38. The third kappa shape index (κ3) is 4.01. The molecule has 0 radical (unpaired) electrons. The summed E-state index contributed by atoms with van der Waals surface area (Å²) < 4.78 is 0. The van der Waals surface area contributed by atoms with E-state index in [9.17, 15) is 0 Å². The first-order chi connectivity index (χ1) is 9.26. The summed E-state index contributed by atoms with van der Waals surface area (Å²) in [4.78, 5) is 0. The molecule has 108 valence electrons. The molecule has 3 aliphatic rings. The van der Waals surface area contributed by atoms with Crippen molar-refractivity contribution < 1.29 is 0 Å². The molecule has 2 N–H and O–H groups in total. The van der Waals surface area contributed by atoms with Gasteiger partial charge in [0.25, 0.3) is 0 Å². The van der Waals surface area contributed by atoms with E-state index in [-0.39, 0.29) is 6.04 Å². The van der Waals surface area contributed by atoms with Gasteiger partial charge < -0.3 is 5.73 Å². The van der Waals surface area contributed by atoms with Gasteiger partial charge in [-0.2, -0.15) is 11.8 Å². The molecule has 2 heteroatoms. The van der Waals surface area contributed by atoms with Crippen molar-refractivity contribution >= 4 is 11.8 Å². The van der Waals surface area contributed by atoms with Gasteiger partial charge in [-0.3, -0.25) is 0 Å². The van der Waals surface area contributed by atoms with Crippen LogP contribution in [-0.4, -0.2) is 17.0 Å². The maximum Gasteiger partial charge on any atom is 0.0260 e. The molecular formula is C17H29NS. The Kier molecular flexibility index (Phi) is 4.58. The Morgan fingerprint density at radius 1 is 1.05 bits per heavy atom. The predicted molar refractivity (Wildman–Crippen MR) is 85.3 cm³/mol. The molecule has 19 heavy (non-hydrogen) atoms. The number of rotatable bonds is 7. The summed E-state index contributed by atoms with van der Waals surface area (Å²) in [5.74, 6) is 5.15. The lowest BCUT2D eigenvalue weighted by atomic mass is 9.75. The molecule has 1 nitrogen and oxygen atoms in total. The maximum atomic E-state index is 6.34. The molecule has 4 unspecified atom stereocenters. The Hall–Kier alpha value is 0.0500. The molecule has 0 bridgehead atoms. The smallest absolute Gasteiger partial charge is 0.0260 e. The van der Waals surface area contributed by atoms with E-state index >= 15 is 0 Å². The number of hydrogen-bond acceptors (Lipinski definition) is 2. The highest BCUT2D eigenvalue weighted by atomic mass is 32.2. The largest absolute Gasteiger partial charge is 0.324 e. The third-order valence-corrected chi connectivity index (χ3v) is 6.99. The number of hydrogen-bond donors (Lipinski definition) is 1. The molecule has 0 amide bonds. The van der Waals surface area contributed by atoms with Gasteiger partial charge in [0.05, 0.1) is 0 Å². The second-order valence-electron chi connectivity index (χ2n) is 7.15. The van der Waals surface area contributed by atoms with Crippen LogP contribution in [0.4, 0.5) is 0 Å². The van der Waals surface area contributed by atoms with Gasteiger partial charge in [0.1, 0.15) is 0 Å². The van der Waals surface area contributed by atoms with Gasteiger partial charge in [-0.15, -0.1) is 6.58 Å². The van der Waals surface area contributed by atoms with Crippen molar-refractivity contribution in [2.24, 2.45) is 29.4 Å². The van der Waals surface area contributed by atoms with Crippen LogP contribution in [0.5, 0.6) is 0 Å². The highest BCUT2D eigenvalue weighted by Crippen LogP contribution is 2.46. The average Bonchev–Trinajstić information content (AvgIpc) is 3.30. The summed E-state index contributed by atoms with van der Waals surface area (Å²) in [5.41, 5.74) is 6.34. The Labute approximate surface area is 122 Å². The summed E-state index contributed by atoms with van der Waals surface area (Å²) in [6, 6.07) is 0.221. The predicted octanol–water partition coefficient (Wildman–Crippen LogP) is 4.23. The van der Waals surface area contributed by atoms with Crippen LogP contribution in [-0.2, 0) is 0 Å². The quantitative estimate of drug-likeness (QED) is 0.706. The molecule has 3 rings (SSSR count). The Morgan fingerprint density at radius 2 is 1.74 bits per heavy atom. The van der Waals surface area contributed by atoms with Crippen molar-refractivity contribution in [2.75, 3.05) is 5.75 Å². The first-order valence-corrected chi connectivity index (χ1v) is 9.31. The Morgan fingerprint density at radius 3 is 2.37 bits per heavy atom. The second-order valence-corrected chi connectivity index (χ2v) is 8.42. The van der Waals surface area contributed by atoms with E-state index in [1.54, 1.807) is 0 Å². The van der Waals surface area contributed by atoms with Crippen molar-refractivity contribution in [3.8, 4) is 0 Å². The van der Waals surface area contributed by atoms with Crippen LogP contribution in [0.1, 0.15) is 51.4 Å². The summed E-state index contributed by atoms with van der Waals surface area (Å²) >= 11 is 2.23. The molecule has 3 aliphatic carbocycles. The molecule has 0 aromatic carbocycles.